The topological polar surface area (TPSA) is 75.6 Å². The van der Waals surface area contributed by atoms with Gasteiger partial charge in [0.05, 0.1) is 18.9 Å². The molecule has 5 nitrogen and oxygen atoms in total. The van der Waals surface area contributed by atoms with Crippen molar-refractivity contribution in [1.29, 1.82) is 0 Å². The van der Waals surface area contributed by atoms with Crippen molar-refractivity contribution in [2.45, 2.75) is 33.6 Å². The number of ether oxygens (including phenoxy) is 1. The van der Waals surface area contributed by atoms with Crippen molar-refractivity contribution >= 4 is 11.9 Å². The van der Waals surface area contributed by atoms with Crippen LogP contribution in [0.1, 0.15) is 30.9 Å². The number of hydrogen-bond acceptors (Lipinski definition) is 3. The summed E-state index contributed by atoms with van der Waals surface area (Å²) < 4.78 is 5.60. The molecule has 1 amide bonds. The smallest absolute Gasteiger partial charge is 0.306 e. The summed E-state index contributed by atoms with van der Waals surface area (Å²) in [7, 11) is 0. The fourth-order valence-electron chi connectivity index (χ4n) is 1.76. The lowest BCUT2D eigenvalue weighted by atomic mass is 10.1. The van der Waals surface area contributed by atoms with E-state index in [-0.39, 0.29) is 12.3 Å². The second-order valence-corrected chi connectivity index (χ2v) is 5.25. The number of benzene rings is 1. The van der Waals surface area contributed by atoms with E-state index in [1.165, 1.54) is 0 Å². The molecule has 0 heterocycles. The number of hydrogen-bond donors (Lipinski definition) is 2. The van der Waals surface area contributed by atoms with Gasteiger partial charge in [0, 0.05) is 6.54 Å². The third kappa shape index (κ3) is 6.29. The molecule has 0 saturated carbocycles. The minimum Gasteiger partial charge on any atom is -0.493 e. The molecule has 0 aliphatic heterocycles. The van der Waals surface area contributed by atoms with Gasteiger partial charge >= 0.3 is 5.97 Å². The number of aryl methyl sites for hydroxylation is 2. The van der Waals surface area contributed by atoms with Gasteiger partial charge in [-0.1, -0.05) is 19.1 Å². The Morgan fingerprint density at radius 3 is 2.71 bits per heavy atom. The molecule has 1 aromatic carbocycles. The predicted octanol–water partition coefficient (Wildman–Crippen LogP) is 2.30. The molecule has 2 N–H and O–H groups in total. The summed E-state index contributed by atoms with van der Waals surface area (Å²) in [6.45, 7) is 6.25. The Kier molecular flexibility index (Phi) is 6.72. The van der Waals surface area contributed by atoms with Crippen molar-refractivity contribution < 1.29 is 19.4 Å². The minimum absolute atomic E-state index is 0.127. The van der Waals surface area contributed by atoms with Gasteiger partial charge < -0.3 is 15.2 Å². The van der Waals surface area contributed by atoms with Gasteiger partial charge in [0.25, 0.3) is 0 Å². The normalized spacial score (nSPS) is 11.8. The molecule has 0 saturated heterocycles. The highest BCUT2D eigenvalue weighted by molar-refractivity contribution is 5.76. The van der Waals surface area contributed by atoms with E-state index in [1.807, 2.05) is 32.0 Å². The van der Waals surface area contributed by atoms with Crippen molar-refractivity contribution in [2.75, 3.05) is 13.2 Å². The van der Waals surface area contributed by atoms with Crippen LogP contribution >= 0.6 is 0 Å². The van der Waals surface area contributed by atoms with Crippen LogP contribution in [0.2, 0.25) is 0 Å². The summed E-state index contributed by atoms with van der Waals surface area (Å²) in [4.78, 5) is 22.2. The summed E-state index contributed by atoms with van der Waals surface area (Å²) in [5.41, 5.74) is 2.15. The van der Waals surface area contributed by atoms with Crippen LogP contribution in [0.25, 0.3) is 0 Å². The van der Waals surface area contributed by atoms with Crippen molar-refractivity contribution in [3.8, 4) is 5.75 Å². The fraction of sp³-hybridized carbons (Fsp3) is 0.500. The Bertz CT molecular complexity index is 499. The SMILES string of the molecule is Cc1ccc(C)c(OCCC(=O)NCCC(C)C(=O)O)c1. The van der Waals surface area contributed by atoms with Crippen molar-refractivity contribution in [1.82, 2.24) is 5.32 Å². The molecule has 116 valence electrons. The number of carbonyl (C=O) groups excluding carboxylic acids is 1. The van der Waals surface area contributed by atoms with Crippen LogP contribution in [0.5, 0.6) is 5.75 Å². The van der Waals surface area contributed by atoms with E-state index in [2.05, 4.69) is 5.32 Å². The summed E-state index contributed by atoms with van der Waals surface area (Å²) in [5.74, 6) is -0.626. The Morgan fingerprint density at radius 2 is 2.05 bits per heavy atom. The van der Waals surface area contributed by atoms with Crippen LogP contribution in [0.3, 0.4) is 0 Å². The highest BCUT2D eigenvalue weighted by atomic mass is 16.5. The summed E-state index contributed by atoms with van der Waals surface area (Å²) in [6, 6.07) is 5.94. The summed E-state index contributed by atoms with van der Waals surface area (Å²) in [5, 5.41) is 11.4. The van der Waals surface area contributed by atoms with Gasteiger partial charge in [0.2, 0.25) is 5.91 Å². The largest absolute Gasteiger partial charge is 0.493 e. The van der Waals surface area contributed by atoms with Gasteiger partial charge in [-0.05, 0) is 37.5 Å². The maximum atomic E-state index is 11.6. The van der Waals surface area contributed by atoms with Crippen molar-refractivity contribution in [2.24, 2.45) is 5.92 Å². The van der Waals surface area contributed by atoms with Crippen molar-refractivity contribution in [3.05, 3.63) is 29.3 Å². The molecular weight excluding hydrogens is 270 g/mol. The zero-order valence-corrected chi connectivity index (χ0v) is 12.8. The Hall–Kier alpha value is -2.04. The van der Waals surface area contributed by atoms with Crippen molar-refractivity contribution in [3.63, 3.8) is 0 Å². The van der Waals surface area contributed by atoms with Gasteiger partial charge in [-0.3, -0.25) is 9.59 Å². The molecule has 0 aromatic heterocycles. The average Bonchev–Trinajstić information content (AvgIpc) is 2.42. The van der Waals surface area contributed by atoms with Crippen LogP contribution in [0, 0.1) is 19.8 Å². The van der Waals surface area contributed by atoms with E-state index in [4.69, 9.17) is 9.84 Å². The van der Waals surface area contributed by atoms with Gasteiger partial charge in [0.1, 0.15) is 5.75 Å². The predicted molar refractivity (Wildman–Crippen MR) is 80.5 cm³/mol. The first-order valence-corrected chi connectivity index (χ1v) is 7.09. The highest BCUT2D eigenvalue weighted by Crippen LogP contribution is 2.19. The second-order valence-electron chi connectivity index (χ2n) is 5.25. The van der Waals surface area contributed by atoms with E-state index < -0.39 is 11.9 Å². The third-order valence-corrected chi connectivity index (χ3v) is 3.25. The maximum Gasteiger partial charge on any atom is 0.306 e. The maximum absolute atomic E-state index is 11.6. The van der Waals surface area contributed by atoms with E-state index in [0.29, 0.717) is 19.6 Å². The Labute approximate surface area is 125 Å². The molecule has 0 bridgehead atoms. The molecule has 1 unspecified atom stereocenters. The molecule has 0 fully saturated rings. The molecule has 1 atom stereocenters. The molecule has 0 spiro atoms. The third-order valence-electron chi connectivity index (χ3n) is 3.25. The van der Waals surface area contributed by atoms with Gasteiger partial charge in [-0.25, -0.2) is 0 Å². The number of carboxylic acid groups (broad SMARTS) is 1. The van der Waals surface area contributed by atoms with Crippen LogP contribution in [-0.4, -0.2) is 30.1 Å². The van der Waals surface area contributed by atoms with E-state index in [0.717, 1.165) is 16.9 Å². The first-order chi connectivity index (χ1) is 9.90. The molecule has 21 heavy (non-hydrogen) atoms. The number of amides is 1. The standard InChI is InChI=1S/C16H23NO4/c1-11-4-5-12(2)14(10-11)21-9-7-15(18)17-8-6-13(3)16(19)20/h4-5,10,13H,6-9H2,1-3H3,(H,17,18)(H,19,20). The second kappa shape index (κ2) is 8.29. The molecule has 1 rings (SSSR count). The number of nitrogens with one attached hydrogen (secondary N) is 1. The molecule has 0 aliphatic rings. The zero-order chi connectivity index (χ0) is 15.8. The molecular formula is C16H23NO4. The summed E-state index contributed by atoms with van der Waals surface area (Å²) in [6.07, 6.45) is 0.688. The highest BCUT2D eigenvalue weighted by Gasteiger charge is 2.11. The van der Waals surface area contributed by atoms with Crippen LogP contribution in [0.15, 0.2) is 18.2 Å². The molecule has 5 heteroatoms. The average molecular weight is 293 g/mol. The Morgan fingerprint density at radius 1 is 1.33 bits per heavy atom. The van der Waals surface area contributed by atoms with Gasteiger partial charge in [0.15, 0.2) is 0 Å². The molecule has 0 aliphatic carbocycles. The van der Waals surface area contributed by atoms with Gasteiger partial charge in [-0.2, -0.15) is 0 Å². The number of aliphatic carboxylic acids is 1. The first-order valence-electron chi connectivity index (χ1n) is 7.09. The van der Waals surface area contributed by atoms with Gasteiger partial charge in [-0.15, -0.1) is 0 Å². The lowest BCUT2D eigenvalue weighted by Crippen LogP contribution is -2.28. The number of rotatable bonds is 8. The lowest BCUT2D eigenvalue weighted by Gasteiger charge is -2.11. The van der Waals surface area contributed by atoms with E-state index in [9.17, 15) is 9.59 Å². The molecule has 1 aromatic rings. The van der Waals surface area contributed by atoms with E-state index in [1.54, 1.807) is 6.92 Å². The quantitative estimate of drug-likeness (QED) is 0.771. The van der Waals surface area contributed by atoms with E-state index >= 15 is 0 Å². The molecule has 0 radical (unpaired) electrons. The van der Waals surface area contributed by atoms with Crippen LogP contribution < -0.4 is 10.1 Å². The number of carbonyl (C=O) groups is 2. The zero-order valence-electron chi connectivity index (χ0n) is 12.8. The lowest BCUT2D eigenvalue weighted by molar-refractivity contribution is -0.141. The van der Waals surface area contributed by atoms with Crippen LogP contribution in [0.4, 0.5) is 0 Å². The first kappa shape index (κ1) is 17.0. The summed E-state index contributed by atoms with van der Waals surface area (Å²) >= 11 is 0. The fourth-order valence-corrected chi connectivity index (χ4v) is 1.76. The Balaban J connectivity index is 2.24. The number of carboxylic acids is 1. The minimum atomic E-state index is -0.845. The monoisotopic (exact) mass is 293 g/mol. The van der Waals surface area contributed by atoms with Crippen LogP contribution in [-0.2, 0) is 9.59 Å².